The second kappa shape index (κ2) is 16.2. The average molecular weight is 825 g/mol. The van der Waals surface area contributed by atoms with Gasteiger partial charge in [-0.05, 0) is 82.1 Å². The molecule has 2 aromatic heterocycles. The molecule has 0 spiro atoms. The highest BCUT2D eigenvalue weighted by molar-refractivity contribution is 7.91. The number of allylic oxidation sites excluding steroid dienone is 1. The molecular formula is C44H52N6O8S. The number of likely N-dealkylation sites (tertiary alicyclic amines) is 1. The first kappa shape index (κ1) is 39.4. The molecular weight excluding hydrogens is 773 g/mol. The number of hydrogen-bond donors (Lipinski definition) is 2. The van der Waals surface area contributed by atoms with Gasteiger partial charge >= 0.3 is 0 Å². The summed E-state index contributed by atoms with van der Waals surface area (Å²) in [6.45, 7) is 1.96. The molecule has 6 heterocycles. The Bertz CT molecular complexity index is 2280. The number of fused-ring (bicyclic) bond motifs is 5. The van der Waals surface area contributed by atoms with Gasteiger partial charge in [-0.25, -0.2) is 13.4 Å². The minimum Gasteiger partial charge on any atom is -0.493 e. The van der Waals surface area contributed by atoms with Gasteiger partial charge in [-0.15, -0.1) is 0 Å². The van der Waals surface area contributed by atoms with E-state index in [1.165, 1.54) is 0 Å². The second-order valence-electron chi connectivity index (χ2n) is 17.1. The molecule has 2 aliphatic carbocycles. The Hall–Kier alpha value is -5.05. The predicted molar refractivity (Wildman–Crippen MR) is 219 cm³/mol. The van der Waals surface area contributed by atoms with E-state index < -0.39 is 56.6 Å². The van der Waals surface area contributed by atoms with Crippen molar-refractivity contribution in [1.29, 1.82) is 0 Å². The normalized spacial score (nSPS) is 27.9. The third kappa shape index (κ3) is 8.14. The fourth-order valence-corrected chi connectivity index (χ4v) is 10.7. The van der Waals surface area contributed by atoms with Crippen molar-refractivity contribution >= 4 is 44.6 Å². The first-order valence-electron chi connectivity index (χ1n) is 21.4. The van der Waals surface area contributed by atoms with Crippen molar-refractivity contribution in [3.05, 3.63) is 60.3 Å². The lowest BCUT2D eigenvalue weighted by molar-refractivity contribution is -0.145. The molecule has 0 bridgehead atoms. The summed E-state index contributed by atoms with van der Waals surface area (Å²) >= 11 is 0. The average Bonchev–Trinajstić information content (AvgIpc) is 4.12. The molecule has 5 atom stereocenters. The molecule has 4 aliphatic heterocycles. The monoisotopic (exact) mass is 824 g/mol. The Balaban J connectivity index is 1.05. The van der Waals surface area contributed by atoms with Crippen LogP contribution in [0, 0.1) is 11.8 Å². The van der Waals surface area contributed by atoms with Gasteiger partial charge in [-0.3, -0.25) is 28.9 Å². The first-order chi connectivity index (χ1) is 28.6. The number of piperidine rings is 1. The van der Waals surface area contributed by atoms with E-state index in [2.05, 4.69) is 15.0 Å². The Labute approximate surface area is 344 Å². The molecule has 3 aromatic rings. The number of amides is 4. The van der Waals surface area contributed by atoms with E-state index >= 15 is 0 Å². The van der Waals surface area contributed by atoms with Crippen LogP contribution in [-0.2, 0) is 35.6 Å². The zero-order valence-corrected chi connectivity index (χ0v) is 34.1. The SMILES string of the molecule is O=C1N[C@]2(C(=O)NS(=O)(=O)C3CC3)CC2/C=C\CCCCC[C@H](CC(=O)N2CCCCC2)C(=O)N2C[C@H](Oc3cc(-c4ccccn4)nc4c5c(ccc34)OCC5)C[C@@H]12. The van der Waals surface area contributed by atoms with Gasteiger partial charge in [0.15, 0.2) is 0 Å². The van der Waals surface area contributed by atoms with Gasteiger partial charge in [0.05, 0.1) is 35.3 Å². The van der Waals surface area contributed by atoms with Crippen LogP contribution in [0.15, 0.2) is 54.7 Å². The van der Waals surface area contributed by atoms with Crippen molar-refractivity contribution in [2.45, 2.75) is 113 Å². The third-order valence-electron chi connectivity index (χ3n) is 12.9. The van der Waals surface area contributed by atoms with Gasteiger partial charge in [0.1, 0.15) is 29.2 Å². The molecule has 4 amide bonds. The zero-order chi connectivity index (χ0) is 40.7. The summed E-state index contributed by atoms with van der Waals surface area (Å²) < 4.78 is 40.9. The van der Waals surface area contributed by atoms with Crippen LogP contribution in [0.2, 0.25) is 0 Å². The van der Waals surface area contributed by atoms with Crippen LogP contribution in [-0.4, -0.2) is 101 Å². The maximum atomic E-state index is 14.9. The van der Waals surface area contributed by atoms with E-state index in [0.717, 1.165) is 67.2 Å². The predicted octanol–water partition coefficient (Wildman–Crippen LogP) is 4.60. The number of carbonyl (C=O) groups excluding carboxylic acids is 4. The number of nitrogens with zero attached hydrogens (tertiary/aromatic N) is 4. The minimum atomic E-state index is -3.89. The highest BCUT2D eigenvalue weighted by atomic mass is 32.2. The summed E-state index contributed by atoms with van der Waals surface area (Å²) in [5, 5.41) is 3.11. The largest absolute Gasteiger partial charge is 0.493 e. The molecule has 14 nitrogen and oxygen atoms in total. The quantitative estimate of drug-likeness (QED) is 0.305. The second-order valence-corrected chi connectivity index (χ2v) is 19.1. The maximum absolute atomic E-state index is 14.9. The van der Waals surface area contributed by atoms with Crippen LogP contribution in [0.25, 0.3) is 22.3 Å². The summed E-state index contributed by atoms with van der Waals surface area (Å²) in [4.78, 5) is 70.1. The standard InChI is InChI=1S/C44H52N6O8S/c51-39(49-20-9-4-10-21-49)23-28-11-5-2-1-3-6-12-29-26-44(29,43(54)48-59(55,56)31-14-15-31)47-41(52)36-24-30(27-50(36)42(28)53)58-38-25-35(34-13-7-8-19-45-34)46-40-32(38)16-17-37-33(40)18-22-57-37/h6-8,12-13,16-17,19,25,28-31,36H,1-5,9-11,14-15,18,20-24,26-27H2,(H,47,52)(H,48,54)/b12-6-/t28-,29?,30-,36+,44-/m1/s1. The molecule has 1 unspecified atom stereocenters. The van der Waals surface area contributed by atoms with Gasteiger partial charge in [0, 0.05) is 67.4 Å². The van der Waals surface area contributed by atoms with Crippen molar-refractivity contribution in [1.82, 2.24) is 29.8 Å². The van der Waals surface area contributed by atoms with Gasteiger partial charge in [-0.1, -0.05) is 31.1 Å². The number of ether oxygens (including phenoxy) is 2. The molecule has 2 saturated carbocycles. The van der Waals surface area contributed by atoms with Crippen LogP contribution >= 0.6 is 0 Å². The van der Waals surface area contributed by atoms with Crippen molar-refractivity contribution in [2.75, 3.05) is 26.2 Å². The highest BCUT2D eigenvalue weighted by Crippen LogP contribution is 2.46. The number of pyridine rings is 2. The van der Waals surface area contributed by atoms with Gasteiger partial charge in [-0.2, -0.15) is 0 Å². The summed E-state index contributed by atoms with van der Waals surface area (Å²) in [6.07, 6.45) is 13.6. The van der Waals surface area contributed by atoms with E-state index in [1.54, 1.807) is 11.1 Å². The Kier molecular flexibility index (Phi) is 10.8. The van der Waals surface area contributed by atoms with E-state index in [0.29, 0.717) is 62.5 Å². The van der Waals surface area contributed by atoms with Crippen molar-refractivity contribution in [2.24, 2.45) is 11.8 Å². The van der Waals surface area contributed by atoms with Gasteiger partial charge < -0.3 is 24.6 Å². The van der Waals surface area contributed by atoms with Crippen molar-refractivity contribution in [3.8, 4) is 22.9 Å². The first-order valence-corrected chi connectivity index (χ1v) is 22.9. The number of hydrogen-bond acceptors (Lipinski definition) is 10. The summed E-state index contributed by atoms with van der Waals surface area (Å²) in [5.74, 6) is -1.41. The topological polar surface area (TPSA) is 177 Å². The number of benzene rings is 1. The molecule has 312 valence electrons. The number of rotatable bonds is 8. The van der Waals surface area contributed by atoms with Crippen LogP contribution in [0.5, 0.6) is 11.5 Å². The van der Waals surface area contributed by atoms with Crippen LogP contribution in [0.3, 0.4) is 0 Å². The molecule has 0 radical (unpaired) electrons. The van der Waals surface area contributed by atoms with Crippen LogP contribution < -0.4 is 19.5 Å². The third-order valence-corrected chi connectivity index (χ3v) is 14.7. The molecule has 1 aromatic carbocycles. The highest BCUT2D eigenvalue weighted by Gasteiger charge is 2.62. The number of nitrogens with one attached hydrogen (secondary N) is 2. The molecule has 2 N–H and O–H groups in total. The number of carbonyl (C=O) groups is 4. The fraction of sp³-hybridized carbons (Fsp3) is 0.545. The summed E-state index contributed by atoms with van der Waals surface area (Å²) in [6, 6.07) is 10.2. The Morgan fingerprint density at radius 1 is 1.00 bits per heavy atom. The van der Waals surface area contributed by atoms with E-state index in [4.69, 9.17) is 14.5 Å². The van der Waals surface area contributed by atoms with Crippen molar-refractivity contribution in [3.63, 3.8) is 0 Å². The lowest BCUT2D eigenvalue weighted by Crippen LogP contribution is -2.57. The number of sulfonamides is 1. The summed E-state index contributed by atoms with van der Waals surface area (Å²) in [7, 11) is -3.89. The van der Waals surface area contributed by atoms with E-state index in [-0.39, 0.29) is 37.6 Å². The smallest absolute Gasteiger partial charge is 0.259 e. The lowest BCUT2D eigenvalue weighted by atomic mass is 9.94. The molecule has 6 aliphatic rings. The molecule has 2 saturated heterocycles. The fourth-order valence-electron chi connectivity index (χ4n) is 9.32. The maximum Gasteiger partial charge on any atom is 0.259 e. The van der Waals surface area contributed by atoms with Crippen molar-refractivity contribution < 1.29 is 37.1 Å². The zero-order valence-electron chi connectivity index (χ0n) is 33.3. The number of aromatic nitrogens is 2. The van der Waals surface area contributed by atoms with Crippen LogP contribution in [0.1, 0.15) is 89.0 Å². The lowest BCUT2D eigenvalue weighted by Gasteiger charge is -2.31. The molecule has 59 heavy (non-hydrogen) atoms. The Morgan fingerprint density at radius 3 is 2.63 bits per heavy atom. The van der Waals surface area contributed by atoms with E-state index in [9.17, 15) is 27.6 Å². The molecule has 9 rings (SSSR count). The van der Waals surface area contributed by atoms with Crippen LogP contribution in [0.4, 0.5) is 0 Å². The minimum absolute atomic E-state index is 0.0490. The van der Waals surface area contributed by atoms with E-state index in [1.807, 2.05) is 53.5 Å². The Morgan fingerprint density at radius 2 is 1.83 bits per heavy atom. The molecule has 15 heteroatoms. The molecule has 4 fully saturated rings. The van der Waals surface area contributed by atoms with Gasteiger partial charge in [0.2, 0.25) is 27.7 Å². The summed E-state index contributed by atoms with van der Waals surface area (Å²) in [5.41, 5.74) is 1.49. The van der Waals surface area contributed by atoms with Gasteiger partial charge in [0.25, 0.3) is 5.91 Å².